The molecule has 188 valence electrons. The lowest BCUT2D eigenvalue weighted by molar-refractivity contribution is -0.160. The highest BCUT2D eigenvalue weighted by Crippen LogP contribution is 2.38. The van der Waals surface area contributed by atoms with E-state index in [1.165, 1.54) is 6.42 Å². The van der Waals surface area contributed by atoms with Crippen molar-refractivity contribution in [1.82, 2.24) is 9.80 Å². The van der Waals surface area contributed by atoms with Gasteiger partial charge in [-0.3, -0.25) is 9.59 Å². The molecule has 1 saturated carbocycles. The summed E-state index contributed by atoms with van der Waals surface area (Å²) in [5, 5.41) is 0. The van der Waals surface area contributed by atoms with Gasteiger partial charge < -0.3 is 24.0 Å². The van der Waals surface area contributed by atoms with Crippen LogP contribution in [0.2, 0.25) is 0 Å². The van der Waals surface area contributed by atoms with Gasteiger partial charge in [0.15, 0.2) is 11.5 Å². The van der Waals surface area contributed by atoms with Crippen molar-refractivity contribution in [3.8, 4) is 17.2 Å². The predicted molar refractivity (Wildman–Crippen MR) is 134 cm³/mol. The Kier molecular flexibility index (Phi) is 7.83. The van der Waals surface area contributed by atoms with Crippen molar-refractivity contribution in [2.75, 3.05) is 20.8 Å². The number of methoxy groups -OCH3 is 2. The van der Waals surface area contributed by atoms with E-state index in [-0.39, 0.29) is 37.0 Å². The summed E-state index contributed by atoms with van der Waals surface area (Å²) in [5.74, 6) is 1.75. The fraction of sp³-hybridized carbons (Fsp3) is 0.500. The molecule has 35 heavy (non-hydrogen) atoms. The van der Waals surface area contributed by atoms with E-state index in [1.54, 1.807) is 19.1 Å². The second-order valence-corrected chi connectivity index (χ2v) is 9.57. The highest BCUT2D eigenvalue weighted by atomic mass is 16.5. The van der Waals surface area contributed by atoms with Crippen molar-refractivity contribution < 1.29 is 23.8 Å². The van der Waals surface area contributed by atoms with E-state index in [1.807, 2.05) is 61.2 Å². The van der Waals surface area contributed by atoms with E-state index in [9.17, 15) is 9.59 Å². The maximum absolute atomic E-state index is 14.0. The molecule has 0 spiro atoms. The summed E-state index contributed by atoms with van der Waals surface area (Å²) in [4.78, 5) is 31.1. The summed E-state index contributed by atoms with van der Waals surface area (Å²) in [6, 6.07) is 12.5. The number of carbonyl (C=O) groups is 2. The van der Waals surface area contributed by atoms with Crippen molar-refractivity contribution in [2.45, 2.75) is 70.7 Å². The Bertz CT molecular complexity index is 1050. The van der Waals surface area contributed by atoms with Crippen LogP contribution in [-0.4, -0.2) is 54.5 Å². The molecule has 2 aromatic carbocycles. The minimum absolute atomic E-state index is 0.0172. The van der Waals surface area contributed by atoms with Crippen LogP contribution in [0.3, 0.4) is 0 Å². The highest BCUT2D eigenvalue weighted by Gasteiger charge is 2.43. The molecule has 0 bridgehead atoms. The fourth-order valence-corrected chi connectivity index (χ4v) is 5.18. The molecule has 7 nitrogen and oxygen atoms in total. The average Bonchev–Trinajstić information content (AvgIpc) is 2.87. The van der Waals surface area contributed by atoms with E-state index in [2.05, 4.69) is 0 Å². The zero-order valence-electron chi connectivity index (χ0n) is 21.2. The number of ether oxygens (including phenoxy) is 3. The third kappa shape index (κ3) is 5.39. The van der Waals surface area contributed by atoms with Crippen molar-refractivity contribution in [3.63, 3.8) is 0 Å². The topological polar surface area (TPSA) is 68.3 Å². The van der Waals surface area contributed by atoms with E-state index in [0.717, 1.165) is 31.2 Å². The monoisotopic (exact) mass is 480 g/mol. The van der Waals surface area contributed by atoms with Crippen molar-refractivity contribution >= 4 is 11.8 Å². The first-order valence-electron chi connectivity index (χ1n) is 12.5. The molecule has 1 aliphatic heterocycles. The minimum atomic E-state index is -0.745. The van der Waals surface area contributed by atoms with Gasteiger partial charge in [0, 0.05) is 11.6 Å². The summed E-state index contributed by atoms with van der Waals surface area (Å²) < 4.78 is 17.0. The number of hydrogen-bond acceptors (Lipinski definition) is 5. The average molecular weight is 481 g/mol. The third-order valence-corrected chi connectivity index (χ3v) is 6.87. The maximum atomic E-state index is 14.0. The molecule has 2 aromatic rings. The molecule has 2 aliphatic rings. The molecule has 0 aromatic heterocycles. The molecule has 0 radical (unpaired) electrons. The van der Waals surface area contributed by atoms with Crippen LogP contribution in [-0.2, 0) is 16.1 Å². The van der Waals surface area contributed by atoms with Crippen molar-refractivity contribution in [3.05, 3.63) is 53.6 Å². The number of hydrogen-bond donors (Lipinski definition) is 0. The third-order valence-electron chi connectivity index (χ3n) is 6.87. The Balaban J connectivity index is 1.73. The SMILES string of the molecule is COc1ccccc1CN1C(=O)CN(C2CCCCC2)C(=O)[C@H]1c1ccc(OC(C)C)c(OC)c1. The van der Waals surface area contributed by atoms with Gasteiger partial charge in [-0.05, 0) is 50.5 Å². The Labute approximate surface area is 207 Å². The summed E-state index contributed by atoms with van der Waals surface area (Å²) in [7, 11) is 3.20. The summed E-state index contributed by atoms with van der Waals surface area (Å²) in [5.41, 5.74) is 1.57. The van der Waals surface area contributed by atoms with Crippen LogP contribution >= 0.6 is 0 Å². The van der Waals surface area contributed by atoms with Crippen LogP contribution in [0, 0.1) is 0 Å². The van der Waals surface area contributed by atoms with Crippen molar-refractivity contribution in [2.24, 2.45) is 0 Å². The second-order valence-electron chi connectivity index (χ2n) is 9.57. The number of nitrogens with zero attached hydrogens (tertiary/aromatic N) is 2. The number of benzene rings is 2. The maximum Gasteiger partial charge on any atom is 0.250 e. The predicted octanol–water partition coefficient (Wildman–Crippen LogP) is 4.74. The molecular weight excluding hydrogens is 444 g/mol. The van der Waals surface area contributed by atoms with Crippen LogP contribution < -0.4 is 14.2 Å². The van der Waals surface area contributed by atoms with Crippen LogP contribution in [0.1, 0.15) is 63.1 Å². The van der Waals surface area contributed by atoms with Gasteiger partial charge in [0.1, 0.15) is 18.3 Å². The molecule has 2 fully saturated rings. The van der Waals surface area contributed by atoms with Gasteiger partial charge in [-0.15, -0.1) is 0 Å². The number of piperazine rings is 1. The minimum Gasteiger partial charge on any atom is -0.496 e. The number of amides is 2. The Morgan fingerprint density at radius 3 is 2.31 bits per heavy atom. The van der Waals surface area contributed by atoms with Crippen LogP contribution in [0.15, 0.2) is 42.5 Å². The summed E-state index contributed by atoms with van der Waals surface area (Å²) in [6.07, 6.45) is 5.24. The molecule has 1 saturated heterocycles. The fourth-order valence-electron chi connectivity index (χ4n) is 5.18. The zero-order valence-corrected chi connectivity index (χ0v) is 21.2. The number of rotatable bonds is 8. The first-order valence-corrected chi connectivity index (χ1v) is 12.5. The standard InChI is InChI=1S/C28H36N2O5/c1-19(2)35-24-15-14-20(16-25(24)34-4)27-28(32)29(22-11-6-5-7-12-22)18-26(31)30(27)17-21-10-8-9-13-23(21)33-3/h8-10,13-16,19,22,27H,5-7,11-12,17-18H2,1-4H3/t27-/m1/s1. The van der Waals surface area contributed by atoms with Crippen LogP contribution in [0.25, 0.3) is 0 Å². The van der Waals surface area contributed by atoms with Gasteiger partial charge >= 0.3 is 0 Å². The van der Waals surface area contributed by atoms with E-state index < -0.39 is 6.04 Å². The Hall–Kier alpha value is -3.22. The van der Waals surface area contributed by atoms with Gasteiger partial charge in [0.2, 0.25) is 5.91 Å². The first kappa shape index (κ1) is 24.9. The van der Waals surface area contributed by atoms with E-state index in [0.29, 0.717) is 22.8 Å². The molecule has 0 N–H and O–H groups in total. The molecule has 1 aliphatic carbocycles. The quantitative estimate of drug-likeness (QED) is 0.546. The summed E-state index contributed by atoms with van der Waals surface area (Å²) in [6.45, 7) is 4.30. The second kappa shape index (κ2) is 11.0. The van der Waals surface area contributed by atoms with Gasteiger partial charge in [-0.2, -0.15) is 0 Å². The number of carbonyl (C=O) groups excluding carboxylic acids is 2. The van der Waals surface area contributed by atoms with Gasteiger partial charge in [-0.25, -0.2) is 0 Å². The molecule has 2 amide bonds. The van der Waals surface area contributed by atoms with Crippen molar-refractivity contribution in [1.29, 1.82) is 0 Å². The van der Waals surface area contributed by atoms with Gasteiger partial charge in [0.05, 0.1) is 26.9 Å². The highest BCUT2D eigenvalue weighted by molar-refractivity contribution is 5.96. The lowest BCUT2D eigenvalue weighted by Gasteiger charge is -2.44. The molecular formula is C28H36N2O5. The van der Waals surface area contributed by atoms with E-state index >= 15 is 0 Å². The van der Waals surface area contributed by atoms with Gasteiger partial charge in [-0.1, -0.05) is 43.5 Å². The first-order chi connectivity index (χ1) is 16.9. The molecule has 0 unspecified atom stereocenters. The van der Waals surface area contributed by atoms with E-state index in [4.69, 9.17) is 14.2 Å². The van der Waals surface area contributed by atoms with Crippen LogP contribution in [0.5, 0.6) is 17.2 Å². The molecule has 4 rings (SSSR count). The lowest BCUT2D eigenvalue weighted by Crippen LogP contribution is -2.58. The molecule has 1 heterocycles. The number of para-hydroxylation sites is 1. The Morgan fingerprint density at radius 2 is 1.63 bits per heavy atom. The largest absolute Gasteiger partial charge is 0.496 e. The molecule has 1 atom stereocenters. The molecule has 7 heteroatoms. The van der Waals surface area contributed by atoms with Gasteiger partial charge in [0.25, 0.3) is 5.91 Å². The smallest absolute Gasteiger partial charge is 0.250 e. The normalized spacial score (nSPS) is 19.3. The zero-order chi connectivity index (χ0) is 24.9. The lowest BCUT2D eigenvalue weighted by atomic mass is 9.91. The van der Waals surface area contributed by atoms with Crippen LogP contribution in [0.4, 0.5) is 0 Å². The Morgan fingerprint density at radius 1 is 0.914 bits per heavy atom. The summed E-state index contributed by atoms with van der Waals surface area (Å²) >= 11 is 0.